The molecule has 1 nitrogen and oxygen atoms in total. The van der Waals surface area contributed by atoms with Gasteiger partial charge in [0.25, 0.3) is 0 Å². The molecule has 1 aliphatic heterocycles. The first kappa shape index (κ1) is 6.09. The van der Waals surface area contributed by atoms with E-state index in [9.17, 15) is 0 Å². The van der Waals surface area contributed by atoms with Crippen LogP contribution in [0.4, 0.5) is 0 Å². The van der Waals surface area contributed by atoms with Gasteiger partial charge in [0.2, 0.25) is 0 Å². The van der Waals surface area contributed by atoms with E-state index in [-0.39, 0.29) is 0 Å². The van der Waals surface area contributed by atoms with E-state index < -0.39 is 0 Å². The molecule has 1 fully saturated rings. The van der Waals surface area contributed by atoms with Gasteiger partial charge in [-0.15, -0.1) is 0 Å². The summed E-state index contributed by atoms with van der Waals surface area (Å²) in [5, 5.41) is 0. The fourth-order valence-electron chi connectivity index (χ4n) is 1.10. The molecule has 0 bridgehead atoms. The minimum atomic E-state index is 0.512. The summed E-state index contributed by atoms with van der Waals surface area (Å²) in [4.78, 5) is 1.76. The highest BCUT2D eigenvalue weighted by molar-refractivity contribution is 4.60. The van der Waals surface area contributed by atoms with Crippen molar-refractivity contribution in [3.8, 4) is 0 Å². The van der Waals surface area contributed by atoms with E-state index in [4.69, 9.17) is 0 Å². The van der Waals surface area contributed by atoms with Crippen molar-refractivity contribution >= 4 is 0 Å². The Balaban J connectivity index is 2.34. The molecule has 0 aromatic rings. The minimum absolute atomic E-state index is 0.512. The van der Waals surface area contributed by atoms with Crippen LogP contribution in [0.15, 0.2) is 0 Å². The molecule has 1 heterocycles. The Morgan fingerprint density at radius 3 is 1.62 bits per heavy atom. The number of hydrogen-bond acceptors (Lipinski definition) is 0. The summed E-state index contributed by atoms with van der Waals surface area (Å²) in [6.45, 7) is 9.71. The molecule has 1 saturated heterocycles. The third-order valence-corrected chi connectivity index (χ3v) is 2.02. The van der Waals surface area contributed by atoms with Gasteiger partial charge < -0.3 is 4.90 Å². The van der Waals surface area contributed by atoms with E-state index in [1.54, 1.807) is 4.90 Å². The number of hydrogen-bond donors (Lipinski definition) is 1. The Labute approximate surface area is 51.7 Å². The molecular formula is C7H16N+. The maximum absolute atomic E-state index is 2.31. The van der Waals surface area contributed by atoms with Crippen molar-refractivity contribution in [3.05, 3.63) is 0 Å². The van der Waals surface area contributed by atoms with Gasteiger partial charge >= 0.3 is 0 Å². The highest BCUT2D eigenvalue weighted by Crippen LogP contribution is 1.96. The predicted molar refractivity (Wildman–Crippen MR) is 35.1 cm³/mol. The summed E-state index contributed by atoms with van der Waals surface area (Å²) in [7, 11) is 0. The second-order valence-corrected chi connectivity index (χ2v) is 3.71. The summed E-state index contributed by atoms with van der Waals surface area (Å²) in [5.74, 6) is 0. The second-order valence-electron chi connectivity index (χ2n) is 3.71. The van der Waals surface area contributed by atoms with Crippen LogP contribution in [-0.4, -0.2) is 18.6 Å². The Bertz CT molecular complexity index is 76.9. The highest BCUT2D eigenvalue weighted by atomic mass is 15.2. The van der Waals surface area contributed by atoms with Gasteiger partial charge in [0.1, 0.15) is 0 Å². The molecule has 1 rings (SSSR count). The van der Waals surface area contributed by atoms with E-state index in [0.717, 1.165) is 0 Å². The van der Waals surface area contributed by atoms with E-state index in [1.807, 2.05) is 0 Å². The Morgan fingerprint density at radius 2 is 1.62 bits per heavy atom. The molecule has 8 heavy (non-hydrogen) atoms. The summed E-state index contributed by atoms with van der Waals surface area (Å²) in [6.07, 6.45) is 1.44. The Kier molecular flexibility index (Phi) is 1.31. The molecule has 1 aliphatic rings. The van der Waals surface area contributed by atoms with Crippen LogP contribution in [0.5, 0.6) is 0 Å². The van der Waals surface area contributed by atoms with Crippen LogP contribution < -0.4 is 4.90 Å². The molecule has 0 aromatic carbocycles. The number of likely N-dealkylation sites (tertiary alicyclic amines) is 1. The van der Waals surface area contributed by atoms with Crippen LogP contribution >= 0.6 is 0 Å². The largest absolute Gasteiger partial charge is 0.330 e. The van der Waals surface area contributed by atoms with Gasteiger partial charge in [-0.3, -0.25) is 0 Å². The fraction of sp³-hybridized carbons (Fsp3) is 1.00. The third-order valence-electron chi connectivity index (χ3n) is 2.02. The van der Waals surface area contributed by atoms with Crippen molar-refractivity contribution in [1.29, 1.82) is 0 Å². The lowest BCUT2D eigenvalue weighted by atomic mass is 10.0. The zero-order valence-corrected chi connectivity index (χ0v) is 6.12. The molecule has 0 amide bonds. The van der Waals surface area contributed by atoms with Crippen molar-refractivity contribution in [2.75, 3.05) is 13.1 Å². The van der Waals surface area contributed by atoms with Gasteiger partial charge in [-0.1, -0.05) is 0 Å². The van der Waals surface area contributed by atoms with Crippen LogP contribution in [0.1, 0.15) is 27.2 Å². The number of quaternary nitrogens is 1. The van der Waals surface area contributed by atoms with Gasteiger partial charge in [0, 0.05) is 6.42 Å². The fourth-order valence-corrected chi connectivity index (χ4v) is 1.10. The molecule has 0 atom stereocenters. The van der Waals surface area contributed by atoms with Crippen molar-refractivity contribution in [3.63, 3.8) is 0 Å². The highest BCUT2D eigenvalue weighted by Gasteiger charge is 2.30. The smallest absolute Gasteiger partial charge is 0.0891 e. The van der Waals surface area contributed by atoms with Gasteiger partial charge in [-0.05, 0) is 20.8 Å². The minimum Gasteiger partial charge on any atom is -0.330 e. The van der Waals surface area contributed by atoms with Crippen molar-refractivity contribution in [1.82, 2.24) is 0 Å². The van der Waals surface area contributed by atoms with Gasteiger partial charge in [-0.2, -0.15) is 0 Å². The standard InChI is InChI=1S/C7H15N/c1-7(2,3)8-5-4-6-8/h4-6H2,1-3H3/p+1. The molecule has 0 radical (unpaired) electrons. The molecule has 1 N–H and O–H groups in total. The first-order valence-electron chi connectivity index (χ1n) is 3.46. The maximum atomic E-state index is 2.31. The number of nitrogens with one attached hydrogen (secondary N) is 1. The normalized spacial score (nSPS) is 22.9. The summed E-state index contributed by atoms with van der Waals surface area (Å²) < 4.78 is 0. The van der Waals surface area contributed by atoms with Gasteiger partial charge in [0.05, 0.1) is 18.6 Å². The molecule has 0 saturated carbocycles. The third kappa shape index (κ3) is 1.03. The van der Waals surface area contributed by atoms with E-state index in [1.165, 1.54) is 19.5 Å². The maximum Gasteiger partial charge on any atom is 0.0891 e. The Morgan fingerprint density at radius 1 is 1.12 bits per heavy atom. The van der Waals surface area contributed by atoms with Crippen molar-refractivity contribution in [2.45, 2.75) is 32.7 Å². The lowest BCUT2D eigenvalue weighted by Gasteiger charge is -2.38. The molecule has 1 heteroatoms. The first-order chi connectivity index (χ1) is 3.61. The van der Waals surface area contributed by atoms with E-state index >= 15 is 0 Å². The SMILES string of the molecule is CC(C)(C)[NH+]1CCC1. The Hall–Kier alpha value is -0.0400. The van der Waals surface area contributed by atoms with Crippen LogP contribution in [0.2, 0.25) is 0 Å². The quantitative estimate of drug-likeness (QED) is 0.454. The zero-order chi connectivity index (χ0) is 6.20. The molecular weight excluding hydrogens is 98.1 g/mol. The first-order valence-corrected chi connectivity index (χ1v) is 3.46. The summed E-state index contributed by atoms with van der Waals surface area (Å²) in [5.41, 5.74) is 0.512. The van der Waals surface area contributed by atoms with Crippen LogP contribution in [0, 0.1) is 0 Å². The van der Waals surface area contributed by atoms with Crippen molar-refractivity contribution < 1.29 is 4.90 Å². The summed E-state index contributed by atoms with van der Waals surface area (Å²) >= 11 is 0. The lowest BCUT2D eigenvalue weighted by molar-refractivity contribution is -0.982. The summed E-state index contributed by atoms with van der Waals surface area (Å²) in [6, 6.07) is 0. The monoisotopic (exact) mass is 114 g/mol. The van der Waals surface area contributed by atoms with Crippen molar-refractivity contribution in [2.24, 2.45) is 0 Å². The van der Waals surface area contributed by atoms with E-state index in [0.29, 0.717) is 5.54 Å². The average molecular weight is 114 g/mol. The van der Waals surface area contributed by atoms with Crippen LogP contribution in [0.3, 0.4) is 0 Å². The van der Waals surface area contributed by atoms with Gasteiger partial charge in [-0.25, -0.2) is 0 Å². The molecule has 0 unspecified atom stereocenters. The average Bonchev–Trinajstić information content (AvgIpc) is 1.16. The molecule has 0 spiro atoms. The van der Waals surface area contributed by atoms with Crippen LogP contribution in [-0.2, 0) is 0 Å². The van der Waals surface area contributed by atoms with E-state index in [2.05, 4.69) is 20.8 Å². The lowest BCUT2D eigenvalue weighted by Crippen LogP contribution is -3.23. The number of rotatable bonds is 0. The van der Waals surface area contributed by atoms with Gasteiger partial charge in [0.15, 0.2) is 0 Å². The second kappa shape index (κ2) is 1.73. The topological polar surface area (TPSA) is 4.44 Å². The molecule has 48 valence electrons. The van der Waals surface area contributed by atoms with Crippen LogP contribution in [0.25, 0.3) is 0 Å². The molecule has 0 aliphatic carbocycles. The predicted octanol–water partition coefficient (Wildman–Crippen LogP) is 0.0735. The molecule has 0 aromatic heterocycles. The zero-order valence-electron chi connectivity index (χ0n) is 6.12.